The number of nitrogens with zero attached hydrogens (tertiary/aromatic N) is 4. The Balaban J connectivity index is 1.48. The number of methoxy groups -OCH3 is 1. The van der Waals surface area contributed by atoms with Crippen molar-refractivity contribution in [3.63, 3.8) is 0 Å². The Labute approximate surface area is 159 Å². The van der Waals surface area contributed by atoms with E-state index >= 15 is 0 Å². The van der Waals surface area contributed by atoms with Crippen LogP contribution in [0.5, 0.6) is 5.75 Å². The quantitative estimate of drug-likeness (QED) is 0.700. The van der Waals surface area contributed by atoms with Crippen molar-refractivity contribution < 1.29 is 14.1 Å². The maximum Gasteiger partial charge on any atom is 0.241 e. The van der Waals surface area contributed by atoms with Gasteiger partial charge in [-0.3, -0.25) is 9.69 Å². The van der Waals surface area contributed by atoms with E-state index in [2.05, 4.69) is 20.4 Å². The maximum atomic E-state index is 12.2. The molecule has 146 valence electrons. The molecule has 1 aliphatic rings. The van der Waals surface area contributed by atoms with E-state index in [1.807, 2.05) is 36.2 Å². The molecular formula is C19H27N5O3. The van der Waals surface area contributed by atoms with Crippen LogP contribution in [0.15, 0.2) is 28.8 Å². The first-order valence-corrected chi connectivity index (χ1v) is 9.31. The molecule has 1 aliphatic heterocycles. The van der Waals surface area contributed by atoms with Crippen molar-refractivity contribution in [2.45, 2.75) is 19.4 Å². The first-order valence-electron chi connectivity index (χ1n) is 9.31. The SMILES string of the molecule is CNCCCC(=O)N1CCN(Cc2nc(-c3ccc(OC)cc3)no2)CC1. The van der Waals surface area contributed by atoms with Crippen LogP contribution < -0.4 is 10.1 Å². The van der Waals surface area contributed by atoms with Gasteiger partial charge in [-0.1, -0.05) is 5.16 Å². The van der Waals surface area contributed by atoms with Crippen molar-refractivity contribution >= 4 is 5.91 Å². The molecule has 1 saturated heterocycles. The highest BCUT2D eigenvalue weighted by Crippen LogP contribution is 2.20. The van der Waals surface area contributed by atoms with Crippen LogP contribution in [0.4, 0.5) is 0 Å². The van der Waals surface area contributed by atoms with Crippen molar-refractivity contribution in [2.24, 2.45) is 0 Å². The summed E-state index contributed by atoms with van der Waals surface area (Å²) in [6.45, 7) is 4.61. The summed E-state index contributed by atoms with van der Waals surface area (Å²) in [6.07, 6.45) is 1.49. The molecule has 1 aromatic carbocycles. The number of piperazine rings is 1. The minimum absolute atomic E-state index is 0.240. The highest BCUT2D eigenvalue weighted by atomic mass is 16.5. The molecule has 0 saturated carbocycles. The summed E-state index contributed by atoms with van der Waals surface area (Å²) in [5.41, 5.74) is 0.891. The smallest absolute Gasteiger partial charge is 0.241 e. The minimum atomic E-state index is 0.240. The van der Waals surface area contributed by atoms with Gasteiger partial charge < -0.3 is 19.5 Å². The fraction of sp³-hybridized carbons (Fsp3) is 0.526. The van der Waals surface area contributed by atoms with Gasteiger partial charge in [0.15, 0.2) is 0 Å². The van der Waals surface area contributed by atoms with Crippen molar-refractivity contribution in [3.05, 3.63) is 30.2 Å². The Hall–Kier alpha value is -2.45. The molecule has 0 bridgehead atoms. The lowest BCUT2D eigenvalue weighted by molar-refractivity contribution is -0.133. The summed E-state index contributed by atoms with van der Waals surface area (Å²) in [5.74, 6) is 2.20. The van der Waals surface area contributed by atoms with E-state index in [1.54, 1.807) is 7.11 Å². The van der Waals surface area contributed by atoms with Gasteiger partial charge in [-0.25, -0.2) is 0 Å². The zero-order valence-corrected chi connectivity index (χ0v) is 16.0. The van der Waals surface area contributed by atoms with Gasteiger partial charge in [0.1, 0.15) is 5.75 Å². The van der Waals surface area contributed by atoms with Gasteiger partial charge >= 0.3 is 0 Å². The van der Waals surface area contributed by atoms with Crippen LogP contribution in [0, 0.1) is 0 Å². The third kappa shape index (κ3) is 5.27. The molecule has 8 nitrogen and oxygen atoms in total. The van der Waals surface area contributed by atoms with Crippen LogP contribution in [0.25, 0.3) is 11.4 Å². The van der Waals surface area contributed by atoms with Gasteiger partial charge in [0.25, 0.3) is 0 Å². The normalized spacial score (nSPS) is 15.1. The van der Waals surface area contributed by atoms with E-state index in [0.717, 1.165) is 50.5 Å². The van der Waals surface area contributed by atoms with Gasteiger partial charge in [-0.15, -0.1) is 0 Å². The number of nitrogens with one attached hydrogen (secondary N) is 1. The van der Waals surface area contributed by atoms with E-state index in [-0.39, 0.29) is 5.91 Å². The van der Waals surface area contributed by atoms with E-state index < -0.39 is 0 Å². The van der Waals surface area contributed by atoms with Gasteiger partial charge in [0.05, 0.1) is 13.7 Å². The standard InChI is InChI=1S/C19H27N5O3/c1-20-9-3-4-18(25)24-12-10-23(11-13-24)14-17-21-19(22-27-17)15-5-7-16(26-2)8-6-15/h5-8,20H,3-4,9-14H2,1-2H3. The van der Waals surface area contributed by atoms with Crippen LogP contribution >= 0.6 is 0 Å². The Kier molecular flexibility index (Phi) is 6.78. The molecule has 27 heavy (non-hydrogen) atoms. The molecule has 1 fully saturated rings. The largest absolute Gasteiger partial charge is 0.497 e. The molecule has 2 heterocycles. The monoisotopic (exact) mass is 373 g/mol. The van der Waals surface area contributed by atoms with Crippen molar-refractivity contribution in [1.82, 2.24) is 25.3 Å². The van der Waals surface area contributed by atoms with Crippen LogP contribution in [0.2, 0.25) is 0 Å². The summed E-state index contributed by atoms with van der Waals surface area (Å²) in [6, 6.07) is 7.56. The number of carbonyl (C=O) groups excluding carboxylic acids is 1. The Morgan fingerprint density at radius 3 is 2.63 bits per heavy atom. The second-order valence-electron chi connectivity index (χ2n) is 6.60. The second-order valence-corrected chi connectivity index (χ2v) is 6.60. The molecule has 0 atom stereocenters. The molecule has 0 radical (unpaired) electrons. The predicted octanol–water partition coefficient (Wildman–Crippen LogP) is 1.39. The van der Waals surface area contributed by atoms with Gasteiger partial charge in [0.2, 0.25) is 17.6 Å². The fourth-order valence-electron chi connectivity index (χ4n) is 3.10. The Bertz CT molecular complexity index is 723. The van der Waals surface area contributed by atoms with E-state index in [4.69, 9.17) is 9.26 Å². The third-order valence-electron chi connectivity index (χ3n) is 4.72. The van der Waals surface area contributed by atoms with E-state index in [0.29, 0.717) is 24.7 Å². The molecule has 0 aliphatic carbocycles. The molecule has 2 aromatic rings. The fourth-order valence-corrected chi connectivity index (χ4v) is 3.10. The number of hydrogen-bond donors (Lipinski definition) is 1. The molecule has 0 spiro atoms. The number of rotatable bonds is 8. The van der Waals surface area contributed by atoms with Crippen LogP contribution in [0.1, 0.15) is 18.7 Å². The number of carbonyl (C=O) groups is 1. The average Bonchev–Trinajstić information content (AvgIpc) is 3.17. The van der Waals surface area contributed by atoms with Crippen molar-refractivity contribution in [1.29, 1.82) is 0 Å². The second kappa shape index (κ2) is 9.48. The highest BCUT2D eigenvalue weighted by molar-refractivity contribution is 5.76. The lowest BCUT2D eigenvalue weighted by atomic mass is 10.2. The summed E-state index contributed by atoms with van der Waals surface area (Å²) < 4.78 is 10.6. The summed E-state index contributed by atoms with van der Waals surface area (Å²) in [5, 5.41) is 7.14. The lowest BCUT2D eigenvalue weighted by Crippen LogP contribution is -2.48. The molecule has 8 heteroatoms. The lowest BCUT2D eigenvalue weighted by Gasteiger charge is -2.34. The van der Waals surface area contributed by atoms with Gasteiger partial charge in [-0.2, -0.15) is 4.98 Å². The Morgan fingerprint density at radius 1 is 1.22 bits per heavy atom. The third-order valence-corrected chi connectivity index (χ3v) is 4.72. The number of ether oxygens (including phenoxy) is 1. The molecule has 3 rings (SSSR count). The summed E-state index contributed by atoms with van der Waals surface area (Å²) in [7, 11) is 3.54. The van der Waals surface area contributed by atoms with E-state index in [1.165, 1.54) is 0 Å². The number of benzene rings is 1. The summed E-state index contributed by atoms with van der Waals surface area (Å²) in [4.78, 5) is 20.8. The predicted molar refractivity (Wildman–Crippen MR) is 101 cm³/mol. The highest BCUT2D eigenvalue weighted by Gasteiger charge is 2.22. The molecule has 0 unspecified atom stereocenters. The molecule has 1 aromatic heterocycles. The maximum absolute atomic E-state index is 12.2. The van der Waals surface area contributed by atoms with Crippen molar-refractivity contribution in [3.8, 4) is 17.1 Å². The zero-order chi connectivity index (χ0) is 19.1. The van der Waals surface area contributed by atoms with Gasteiger partial charge in [0, 0.05) is 38.2 Å². The number of hydrogen-bond acceptors (Lipinski definition) is 7. The first kappa shape index (κ1) is 19.3. The number of aromatic nitrogens is 2. The average molecular weight is 373 g/mol. The van der Waals surface area contributed by atoms with Crippen LogP contribution in [0.3, 0.4) is 0 Å². The minimum Gasteiger partial charge on any atom is -0.497 e. The summed E-state index contributed by atoms with van der Waals surface area (Å²) >= 11 is 0. The number of amides is 1. The molecular weight excluding hydrogens is 346 g/mol. The van der Waals surface area contributed by atoms with Crippen LogP contribution in [-0.2, 0) is 11.3 Å². The van der Waals surface area contributed by atoms with Crippen LogP contribution in [-0.4, -0.2) is 72.7 Å². The van der Waals surface area contributed by atoms with Gasteiger partial charge in [-0.05, 0) is 44.3 Å². The topological polar surface area (TPSA) is 83.7 Å². The first-order chi connectivity index (χ1) is 13.2. The van der Waals surface area contributed by atoms with Crippen molar-refractivity contribution in [2.75, 3.05) is 46.9 Å². The Morgan fingerprint density at radius 2 is 1.96 bits per heavy atom. The zero-order valence-electron chi connectivity index (χ0n) is 16.0. The molecule has 1 amide bonds. The van der Waals surface area contributed by atoms with E-state index in [9.17, 15) is 4.79 Å². The molecule has 1 N–H and O–H groups in total.